The molecule has 0 bridgehead atoms. The molecule has 0 radical (unpaired) electrons. The Bertz CT molecular complexity index is 727. The number of hydrogen-bond acceptors (Lipinski definition) is 5. The van der Waals surface area contributed by atoms with E-state index in [0.717, 1.165) is 18.5 Å². The number of benzene rings is 1. The SMILES string of the molecule is CC(O)C1CCN(C(=O)C2CC(=O)N(c3ccc4c(c3)OCCO4)C2)CC1. The summed E-state index contributed by atoms with van der Waals surface area (Å²) in [5.74, 6) is 1.28. The minimum absolute atomic E-state index is 0.0381. The summed E-state index contributed by atoms with van der Waals surface area (Å²) in [6.45, 7) is 4.54. The lowest BCUT2D eigenvalue weighted by Gasteiger charge is -2.34. The lowest BCUT2D eigenvalue weighted by molar-refractivity contribution is -0.137. The molecule has 2 saturated heterocycles. The fourth-order valence-electron chi connectivity index (χ4n) is 4.18. The minimum Gasteiger partial charge on any atom is -0.486 e. The van der Waals surface area contributed by atoms with Gasteiger partial charge >= 0.3 is 0 Å². The summed E-state index contributed by atoms with van der Waals surface area (Å²) >= 11 is 0. The second-order valence-electron chi connectivity index (χ2n) is 7.64. The Morgan fingerprint density at radius 3 is 2.59 bits per heavy atom. The lowest BCUT2D eigenvalue weighted by Crippen LogP contribution is -2.44. The first-order chi connectivity index (χ1) is 13.0. The zero-order chi connectivity index (χ0) is 19.0. The van der Waals surface area contributed by atoms with Gasteiger partial charge in [-0.3, -0.25) is 9.59 Å². The van der Waals surface area contributed by atoms with Crippen LogP contribution in [0.15, 0.2) is 18.2 Å². The molecule has 0 aromatic heterocycles. The number of rotatable bonds is 3. The molecule has 1 aromatic rings. The van der Waals surface area contributed by atoms with Crippen LogP contribution in [0, 0.1) is 11.8 Å². The molecule has 1 N–H and O–H groups in total. The third kappa shape index (κ3) is 3.60. The smallest absolute Gasteiger partial charge is 0.228 e. The summed E-state index contributed by atoms with van der Waals surface area (Å²) in [5, 5.41) is 9.72. The molecule has 7 heteroatoms. The van der Waals surface area contributed by atoms with Crippen molar-refractivity contribution in [1.82, 2.24) is 4.90 Å². The van der Waals surface area contributed by atoms with E-state index in [0.29, 0.717) is 44.3 Å². The first kappa shape index (κ1) is 18.1. The average Bonchev–Trinajstić information content (AvgIpc) is 3.08. The van der Waals surface area contributed by atoms with Gasteiger partial charge in [-0.05, 0) is 37.8 Å². The summed E-state index contributed by atoms with van der Waals surface area (Å²) in [5.41, 5.74) is 0.743. The molecule has 2 atom stereocenters. The number of likely N-dealkylation sites (tertiary alicyclic amines) is 1. The van der Waals surface area contributed by atoms with Gasteiger partial charge in [0, 0.05) is 37.8 Å². The van der Waals surface area contributed by atoms with Gasteiger partial charge in [-0.15, -0.1) is 0 Å². The van der Waals surface area contributed by atoms with E-state index >= 15 is 0 Å². The summed E-state index contributed by atoms with van der Waals surface area (Å²) in [7, 11) is 0. The number of ether oxygens (including phenoxy) is 2. The van der Waals surface area contributed by atoms with Crippen LogP contribution in [0.25, 0.3) is 0 Å². The highest BCUT2D eigenvalue weighted by molar-refractivity contribution is 6.00. The van der Waals surface area contributed by atoms with Crippen LogP contribution in [0.1, 0.15) is 26.2 Å². The number of nitrogens with zero attached hydrogens (tertiary/aromatic N) is 2. The standard InChI is InChI=1S/C20H26N2O5/c1-13(23)14-4-6-21(7-5-14)20(25)15-10-19(24)22(12-15)16-2-3-17-18(11-16)27-9-8-26-17/h2-3,11,13-15,23H,4-10,12H2,1H3. The molecule has 0 spiro atoms. The fourth-order valence-corrected chi connectivity index (χ4v) is 4.18. The number of aliphatic hydroxyl groups excluding tert-OH is 1. The molecule has 4 rings (SSSR count). The van der Waals surface area contributed by atoms with Crippen LogP contribution >= 0.6 is 0 Å². The normalized spacial score (nSPS) is 24.2. The Balaban J connectivity index is 1.41. The molecule has 7 nitrogen and oxygen atoms in total. The van der Waals surface area contributed by atoms with E-state index in [1.165, 1.54) is 0 Å². The number of amides is 2. The molecule has 3 aliphatic heterocycles. The van der Waals surface area contributed by atoms with Crippen molar-refractivity contribution in [2.75, 3.05) is 37.7 Å². The number of carbonyl (C=O) groups excluding carboxylic acids is 2. The largest absolute Gasteiger partial charge is 0.486 e. The predicted octanol–water partition coefficient (Wildman–Crippen LogP) is 1.43. The topological polar surface area (TPSA) is 79.3 Å². The maximum absolute atomic E-state index is 12.9. The third-order valence-electron chi connectivity index (χ3n) is 5.85. The van der Waals surface area contributed by atoms with E-state index in [2.05, 4.69) is 0 Å². The van der Waals surface area contributed by atoms with E-state index < -0.39 is 0 Å². The Labute approximate surface area is 158 Å². The van der Waals surface area contributed by atoms with Crippen molar-refractivity contribution < 1.29 is 24.2 Å². The van der Waals surface area contributed by atoms with E-state index in [1.54, 1.807) is 4.90 Å². The summed E-state index contributed by atoms with van der Waals surface area (Å²) in [6, 6.07) is 5.47. The van der Waals surface area contributed by atoms with Crippen LogP contribution in [0.2, 0.25) is 0 Å². The quantitative estimate of drug-likeness (QED) is 0.866. The molecule has 3 heterocycles. The van der Waals surface area contributed by atoms with Crippen LogP contribution in [0.4, 0.5) is 5.69 Å². The maximum atomic E-state index is 12.9. The van der Waals surface area contributed by atoms with E-state index in [4.69, 9.17) is 9.47 Å². The average molecular weight is 374 g/mol. The van der Waals surface area contributed by atoms with Gasteiger partial charge in [0.05, 0.1) is 12.0 Å². The fraction of sp³-hybridized carbons (Fsp3) is 0.600. The highest BCUT2D eigenvalue weighted by Gasteiger charge is 2.38. The van der Waals surface area contributed by atoms with Gasteiger partial charge in [0.1, 0.15) is 13.2 Å². The molecule has 1 aromatic carbocycles. The molecule has 2 unspecified atom stereocenters. The number of anilines is 1. The highest BCUT2D eigenvalue weighted by atomic mass is 16.6. The van der Waals surface area contributed by atoms with E-state index in [9.17, 15) is 14.7 Å². The van der Waals surface area contributed by atoms with Gasteiger partial charge in [0.15, 0.2) is 11.5 Å². The third-order valence-corrected chi connectivity index (χ3v) is 5.85. The molecular formula is C20H26N2O5. The van der Waals surface area contributed by atoms with Gasteiger partial charge in [-0.25, -0.2) is 0 Å². The zero-order valence-corrected chi connectivity index (χ0v) is 15.6. The monoisotopic (exact) mass is 374 g/mol. The maximum Gasteiger partial charge on any atom is 0.228 e. The van der Waals surface area contributed by atoms with Crippen molar-refractivity contribution in [3.8, 4) is 11.5 Å². The van der Waals surface area contributed by atoms with Gasteiger partial charge in [0.2, 0.25) is 11.8 Å². The van der Waals surface area contributed by atoms with Crippen molar-refractivity contribution in [2.45, 2.75) is 32.3 Å². The van der Waals surface area contributed by atoms with E-state index in [1.807, 2.05) is 30.0 Å². The lowest BCUT2D eigenvalue weighted by atomic mass is 9.91. The van der Waals surface area contributed by atoms with Gasteiger partial charge in [-0.1, -0.05) is 0 Å². The highest BCUT2D eigenvalue weighted by Crippen LogP contribution is 2.36. The Kier molecular flexibility index (Phi) is 4.95. The molecule has 146 valence electrons. The van der Waals surface area contributed by atoms with Crippen LogP contribution < -0.4 is 14.4 Å². The predicted molar refractivity (Wildman–Crippen MR) is 98.9 cm³/mol. The summed E-state index contributed by atoms with van der Waals surface area (Å²) in [6.07, 6.45) is 1.54. The Hall–Kier alpha value is -2.28. The summed E-state index contributed by atoms with van der Waals surface area (Å²) < 4.78 is 11.1. The van der Waals surface area contributed by atoms with Crippen molar-refractivity contribution in [1.29, 1.82) is 0 Å². The molecule has 0 aliphatic carbocycles. The van der Waals surface area contributed by atoms with Crippen LogP contribution in [-0.4, -0.2) is 60.8 Å². The van der Waals surface area contributed by atoms with Crippen LogP contribution in [0.3, 0.4) is 0 Å². The summed E-state index contributed by atoms with van der Waals surface area (Å²) in [4.78, 5) is 28.9. The number of fused-ring (bicyclic) bond motifs is 1. The van der Waals surface area contributed by atoms with Crippen molar-refractivity contribution in [3.63, 3.8) is 0 Å². The molecule has 3 aliphatic rings. The number of aliphatic hydroxyl groups is 1. The zero-order valence-electron chi connectivity index (χ0n) is 15.6. The Morgan fingerprint density at radius 1 is 1.19 bits per heavy atom. The van der Waals surface area contributed by atoms with E-state index in [-0.39, 0.29) is 36.2 Å². The van der Waals surface area contributed by atoms with Crippen molar-refractivity contribution in [2.24, 2.45) is 11.8 Å². The Morgan fingerprint density at radius 2 is 1.89 bits per heavy atom. The molecule has 27 heavy (non-hydrogen) atoms. The number of hydrogen-bond donors (Lipinski definition) is 1. The van der Waals surface area contributed by atoms with Gasteiger partial charge in [0.25, 0.3) is 0 Å². The minimum atomic E-state index is -0.332. The first-order valence-electron chi connectivity index (χ1n) is 9.70. The molecule has 0 saturated carbocycles. The number of carbonyl (C=O) groups is 2. The van der Waals surface area contributed by atoms with Crippen LogP contribution in [-0.2, 0) is 9.59 Å². The van der Waals surface area contributed by atoms with Crippen molar-refractivity contribution >= 4 is 17.5 Å². The first-order valence-corrected chi connectivity index (χ1v) is 9.70. The van der Waals surface area contributed by atoms with Gasteiger partial charge in [-0.2, -0.15) is 0 Å². The van der Waals surface area contributed by atoms with Gasteiger partial charge < -0.3 is 24.4 Å². The van der Waals surface area contributed by atoms with Crippen LogP contribution in [0.5, 0.6) is 11.5 Å². The molecule has 2 amide bonds. The number of piperidine rings is 1. The molecule has 2 fully saturated rings. The van der Waals surface area contributed by atoms with Crippen molar-refractivity contribution in [3.05, 3.63) is 18.2 Å². The second kappa shape index (κ2) is 7.38. The second-order valence-corrected chi connectivity index (χ2v) is 7.64. The molecular weight excluding hydrogens is 348 g/mol.